The molecule has 0 bridgehead atoms. The molecule has 0 radical (unpaired) electrons. The molecule has 6 heteroatoms. The molecule has 0 amide bonds. The van der Waals surface area contributed by atoms with Crippen molar-refractivity contribution in [2.24, 2.45) is 5.92 Å². The predicted molar refractivity (Wildman–Crippen MR) is 85.2 cm³/mol. The van der Waals surface area contributed by atoms with Crippen molar-refractivity contribution in [1.82, 2.24) is 9.78 Å². The van der Waals surface area contributed by atoms with E-state index < -0.39 is 0 Å². The van der Waals surface area contributed by atoms with Crippen molar-refractivity contribution in [2.75, 3.05) is 19.0 Å². The summed E-state index contributed by atoms with van der Waals surface area (Å²) in [6, 6.07) is 0.184. The molecule has 20 heavy (non-hydrogen) atoms. The second kappa shape index (κ2) is 8.42. The molecule has 1 aromatic rings. The van der Waals surface area contributed by atoms with Crippen LogP contribution in [0.15, 0.2) is 15.5 Å². The molecule has 1 heterocycles. The minimum atomic E-state index is -0.101. The molecule has 0 fully saturated rings. The molecule has 0 aliphatic heterocycles. The lowest BCUT2D eigenvalue weighted by atomic mass is 10.2. The smallest absolute Gasteiger partial charge is 0.283 e. The Labute approximate surface area is 128 Å². The number of nitrogens with zero attached hydrogens (tertiary/aromatic N) is 2. The van der Waals surface area contributed by atoms with Gasteiger partial charge in [0.2, 0.25) is 0 Å². The Hall–Kier alpha value is -0.880. The molecule has 1 unspecified atom stereocenters. The van der Waals surface area contributed by atoms with Crippen molar-refractivity contribution in [1.29, 1.82) is 0 Å². The van der Waals surface area contributed by atoms with Crippen LogP contribution in [0.1, 0.15) is 33.6 Å². The highest BCUT2D eigenvalue weighted by atomic mass is 79.9. The van der Waals surface area contributed by atoms with Gasteiger partial charge in [0.15, 0.2) is 0 Å². The summed E-state index contributed by atoms with van der Waals surface area (Å²) < 4.78 is 7.22. The number of ether oxygens (including phenoxy) is 1. The van der Waals surface area contributed by atoms with Crippen LogP contribution in [0.5, 0.6) is 0 Å². The van der Waals surface area contributed by atoms with Crippen LogP contribution in [0.25, 0.3) is 0 Å². The molecule has 0 saturated heterocycles. The zero-order chi connectivity index (χ0) is 15.1. The third-order valence-electron chi connectivity index (χ3n) is 2.89. The quantitative estimate of drug-likeness (QED) is 0.786. The lowest BCUT2D eigenvalue weighted by Crippen LogP contribution is -2.30. The van der Waals surface area contributed by atoms with Gasteiger partial charge in [-0.05, 0) is 28.3 Å². The van der Waals surface area contributed by atoms with E-state index in [9.17, 15) is 4.79 Å². The summed E-state index contributed by atoms with van der Waals surface area (Å²) in [5, 5.41) is 7.55. The number of halogens is 1. The molecule has 1 rings (SSSR count). The van der Waals surface area contributed by atoms with E-state index in [1.54, 1.807) is 13.3 Å². The Balaban J connectivity index is 2.91. The van der Waals surface area contributed by atoms with Crippen LogP contribution in [0, 0.1) is 5.92 Å². The summed E-state index contributed by atoms with van der Waals surface area (Å²) in [6.45, 7) is 7.47. The fraction of sp³-hybridized carbons (Fsp3) is 0.714. The molecule has 0 aliphatic rings. The van der Waals surface area contributed by atoms with Gasteiger partial charge in [-0.15, -0.1) is 0 Å². The van der Waals surface area contributed by atoms with E-state index in [0.29, 0.717) is 23.5 Å². The standard InChI is InChI=1S/C14H24BrN3O2/c1-5-6-11(9-20-4)17-12-7-16-18(8-10(2)3)14(19)13(12)15/h7,10-11,17H,5-6,8-9H2,1-4H3. The molecule has 0 spiro atoms. The van der Waals surface area contributed by atoms with Crippen molar-refractivity contribution in [3.8, 4) is 0 Å². The van der Waals surface area contributed by atoms with Gasteiger partial charge in [-0.3, -0.25) is 4.79 Å². The maximum Gasteiger partial charge on any atom is 0.283 e. The number of anilines is 1. The van der Waals surface area contributed by atoms with Crippen LogP contribution in [-0.4, -0.2) is 29.5 Å². The SMILES string of the molecule is CCCC(COC)Nc1cnn(CC(C)C)c(=O)c1Br. The second-order valence-corrected chi connectivity index (χ2v) is 6.13. The normalized spacial score (nSPS) is 12.7. The van der Waals surface area contributed by atoms with Gasteiger partial charge in [0, 0.05) is 19.7 Å². The summed E-state index contributed by atoms with van der Waals surface area (Å²) in [5.74, 6) is 0.382. The molecule has 5 nitrogen and oxygen atoms in total. The molecule has 1 aromatic heterocycles. The highest BCUT2D eigenvalue weighted by Gasteiger charge is 2.13. The summed E-state index contributed by atoms with van der Waals surface area (Å²) in [6.07, 6.45) is 3.73. The van der Waals surface area contributed by atoms with E-state index in [2.05, 4.69) is 47.1 Å². The zero-order valence-electron chi connectivity index (χ0n) is 12.6. The van der Waals surface area contributed by atoms with Crippen LogP contribution in [0.3, 0.4) is 0 Å². The maximum atomic E-state index is 12.2. The van der Waals surface area contributed by atoms with Crippen LogP contribution in [0.2, 0.25) is 0 Å². The van der Waals surface area contributed by atoms with Crippen molar-refractivity contribution in [3.63, 3.8) is 0 Å². The molecule has 0 aliphatic carbocycles. The highest BCUT2D eigenvalue weighted by molar-refractivity contribution is 9.10. The van der Waals surface area contributed by atoms with Gasteiger partial charge in [-0.2, -0.15) is 5.10 Å². The lowest BCUT2D eigenvalue weighted by molar-refractivity contribution is 0.182. The average Bonchev–Trinajstić information content (AvgIpc) is 2.38. The number of nitrogens with one attached hydrogen (secondary N) is 1. The Morgan fingerprint density at radius 2 is 2.20 bits per heavy atom. The first-order valence-corrected chi connectivity index (χ1v) is 7.79. The Morgan fingerprint density at radius 1 is 1.50 bits per heavy atom. The molecule has 1 atom stereocenters. The number of rotatable bonds is 8. The first kappa shape index (κ1) is 17.2. The van der Waals surface area contributed by atoms with Gasteiger partial charge in [0.05, 0.1) is 18.5 Å². The van der Waals surface area contributed by atoms with Gasteiger partial charge in [0.1, 0.15) is 4.47 Å². The van der Waals surface area contributed by atoms with E-state index in [4.69, 9.17) is 4.74 Å². The maximum absolute atomic E-state index is 12.2. The molecule has 1 N–H and O–H groups in total. The van der Waals surface area contributed by atoms with Gasteiger partial charge in [-0.1, -0.05) is 27.2 Å². The van der Waals surface area contributed by atoms with Crippen molar-refractivity contribution >= 4 is 21.6 Å². The summed E-state index contributed by atoms with van der Waals surface area (Å²) in [7, 11) is 1.68. The Kier molecular flexibility index (Phi) is 7.23. The summed E-state index contributed by atoms with van der Waals surface area (Å²) in [5.41, 5.74) is 0.627. The van der Waals surface area contributed by atoms with Crippen LogP contribution in [-0.2, 0) is 11.3 Å². The van der Waals surface area contributed by atoms with Crippen LogP contribution >= 0.6 is 15.9 Å². The molecular weight excluding hydrogens is 322 g/mol. The average molecular weight is 346 g/mol. The topological polar surface area (TPSA) is 56.1 Å². The number of hydrogen-bond acceptors (Lipinski definition) is 4. The van der Waals surface area contributed by atoms with Crippen LogP contribution < -0.4 is 10.9 Å². The van der Waals surface area contributed by atoms with E-state index >= 15 is 0 Å². The van der Waals surface area contributed by atoms with E-state index in [1.807, 2.05) is 0 Å². The van der Waals surface area contributed by atoms with E-state index in [1.165, 1.54) is 4.68 Å². The summed E-state index contributed by atoms with van der Waals surface area (Å²) >= 11 is 3.38. The zero-order valence-corrected chi connectivity index (χ0v) is 14.2. The Bertz CT molecular complexity index is 468. The molecule has 0 saturated carbocycles. The van der Waals surface area contributed by atoms with Crippen molar-refractivity contribution in [3.05, 3.63) is 21.0 Å². The van der Waals surface area contributed by atoms with Gasteiger partial charge in [-0.25, -0.2) is 4.68 Å². The fourth-order valence-electron chi connectivity index (χ4n) is 2.01. The highest BCUT2D eigenvalue weighted by Crippen LogP contribution is 2.18. The van der Waals surface area contributed by atoms with Crippen LogP contribution in [0.4, 0.5) is 5.69 Å². The first-order valence-electron chi connectivity index (χ1n) is 7.00. The van der Waals surface area contributed by atoms with Gasteiger partial charge in [0.25, 0.3) is 5.56 Å². The minimum absolute atomic E-state index is 0.101. The van der Waals surface area contributed by atoms with E-state index in [0.717, 1.165) is 18.5 Å². The number of hydrogen-bond donors (Lipinski definition) is 1. The first-order chi connectivity index (χ1) is 9.49. The van der Waals surface area contributed by atoms with Crippen molar-refractivity contribution in [2.45, 2.75) is 46.2 Å². The third kappa shape index (κ3) is 4.90. The molecule has 0 aromatic carbocycles. The monoisotopic (exact) mass is 345 g/mol. The lowest BCUT2D eigenvalue weighted by Gasteiger charge is -2.19. The largest absolute Gasteiger partial charge is 0.383 e. The predicted octanol–water partition coefficient (Wildman–Crippen LogP) is 2.89. The summed E-state index contributed by atoms with van der Waals surface area (Å²) in [4.78, 5) is 12.2. The van der Waals surface area contributed by atoms with Gasteiger partial charge < -0.3 is 10.1 Å². The molecular formula is C14H24BrN3O2. The van der Waals surface area contributed by atoms with Crippen molar-refractivity contribution < 1.29 is 4.74 Å². The van der Waals surface area contributed by atoms with E-state index in [-0.39, 0.29) is 11.6 Å². The van der Waals surface area contributed by atoms with Gasteiger partial charge >= 0.3 is 0 Å². The third-order valence-corrected chi connectivity index (χ3v) is 3.65. The molecule has 114 valence electrons. The number of methoxy groups -OCH3 is 1. The number of aromatic nitrogens is 2. The Morgan fingerprint density at radius 3 is 2.75 bits per heavy atom. The second-order valence-electron chi connectivity index (χ2n) is 5.34. The fourth-order valence-corrected chi connectivity index (χ4v) is 2.43. The minimum Gasteiger partial charge on any atom is -0.383 e.